The van der Waals surface area contributed by atoms with Gasteiger partial charge in [0, 0.05) is 0 Å². The predicted octanol–water partition coefficient (Wildman–Crippen LogP) is 3.19. The summed E-state index contributed by atoms with van der Waals surface area (Å²) in [5.74, 6) is 0.0962. The second-order valence-electron chi connectivity index (χ2n) is 5.61. The SMILES string of the molecule is CCCC(C)(NCCC1CCCCC1)C(=O)O. The van der Waals surface area contributed by atoms with Crippen LogP contribution < -0.4 is 5.32 Å². The maximum atomic E-state index is 11.2. The van der Waals surface area contributed by atoms with Crippen molar-refractivity contribution in [3.8, 4) is 0 Å². The van der Waals surface area contributed by atoms with Gasteiger partial charge in [0.15, 0.2) is 0 Å². The van der Waals surface area contributed by atoms with Gasteiger partial charge in [-0.3, -0.25) is 4.79 Å². The second-order valence-corrected chi connectivity index (χ2v) is 5.61. The molecule has 0 heterocycles. The van der Waals surface area contributed by atoms with Gasteiger partial charge in [-0.15, -0.1) is 0 Å². The molecule has 0 aromatic carbocycles. The number of carbonyl (C=O) groups is 1. The zero-order chi connectivity index (χ0) is 12.7. The first-order valence-electron chi connectivity index (χ1n) is 7.07. The highest BCUT2D eigenvalue weighted by atomic mass is 16.4. The number of hydrogen-bond acceptors (Lipinski definition) is 2. The Kier molecular flexibility index (Phi) is 5.96. The number of nitrogens with one attached hydrogen (secondary N) is 1. The molecule has 17 heavy (non-hydrogen) atoms. The quantitative estimate of drug-likeness (QED) is 0.719. The standard InChI is InChI=1S/C14H27NO2/c1-3-10-14(2,13(16)17)15-11-9-12-7-5-4-6-8-12/h12,15H,3-11H2,1-2H3,(H,16,17). The van der Waals surface area contributed by atoms with E-state index in [-0.39, 0.29) is 0 Å². The van der Waals surface area contributed by atoms with E-state index in [2.05, 4.69) is 5.32 Å². The third-order valence-corrected chi connectivity index (χ3v) is 4.01. The lowest BCUT2D eigenvalue weighted by Gasteiger charge is -2.28. The molecule has 0 aliphatic heterocycles. The molecule has 0 aromatic heterocycles. The highest BCUT2D eigenvalue weighted by Crippen LogP contribution is 2.26. The first-order valence-corrected chi connectivity index (χ1v) is 7.07. The van der Waals surface area contributed by atoms with Crippen molar-refractivity contribution in [1.29, 1.82) is 0 Å². The van der Waals surface area contributed by atoms with E-state index < -0.39 is 11.5 Å². The van der Waals surface area contributed by atoms with Crippen molar-refractivity contribution in [2.75, 3.05) is 6.54 Å². The van der Waals surface area contributed by atoms with Gasteiger partial charge in [-0.2, -0.15) is 0 Å². The molecule has 2 N–H and O–H groups in total. The largest absolute Gasteiger partial charge is 0.480 e. The summed E-state index contributed by atoms with van der Waals surface area (Å²) in [7, 11) is 0. The summed E-state index contributed by atoms with van der Waals surface area (Å²) >= 11 is 0. The normalized spacial score (nSPS) is 21.1. The van der Waals surface area contributed by atoms with Crippen molar-refractivity contribution >= 4 is 5.97 Å². The van der Waals surface area contributed by atoms with Crippen LogP contribution in [0.25, 0.3) is 0 Å². The zero-order valence-corrected chi connectivity index (χ0v) is 11.3. The molecule has 1 aliphatic rings. The van der Waals surface area contributed by atoms with Crippen LogP contribution in [-0.4, -0.2) is 23.2 Å². The van der Waals surface area contributed by atoms with Gasteiger partial charge < -0.3 is 10.4 Å². The summed E-state index contributed by atoms with van der Waals surface area (Å²) < 4.78 is 0. The molecule has 1 rings (SSSR count). The summed E-state index contributed by atoms with van der Waals surface area (Å²) in [5, 5.41) is 12.5. The Hall–Kier alpha value is -0.570. The van der Waals surface area contributed by atoms with Crippen LogP contribution in [0.3, 0.4) is 0 Å². The Morgan fingerprint density at radius 3 is 2.53 bits per heavy atom. The van der Waals surface area contributed by atoms with Gasteiger partial charge in [-0.1, -0.05) is 45.4 Å². The van der Waals surface area contributed by atoms with Gasteiger partial charge in [0.25, 0.3) is 0 Å². The first kappa shape index (κ1) is 14.5. The highest BCUT2D eigenvalue weighted by Gasteiger charge is 2.31. The number of rotatable bonds is 7. The lowest BCUT2D eigenvalue weighted by Crippen LogP contribution is -2.50. The monoisotopic (exact) mass is 241 g/mol. The van der Waals surface area contributed by atoms with E-state index in [9.17, 15) is 9.90 Å². The Labute approximate surface area is 105 Å². The van der Waals surface area contributed by atoms with E-state index in [1.807, 2.05) is 6.92 Å². The minimum Gasteiger partial charge on any atom is -0.480 e. The van der Waals surface area contributed by atoms with Crippen LogP contribution >= 0.6 is 0 Å². The van der Waals surface area contributed by atoms with E-state index in [0.717, 1.165) is 25.3 Å². The molecule has 1 atom stereocenters. The molecule has 3 heteroatoms. The van der Waals surface area contributed by atoms with E-state index >= 15 is 0 Å². The summed E-state index contributed by atoms with van der Waals surface area (Å²) in [4.78, 5) is 11.2. The van der Waals surface area contributed by atoms with E-state index in [4.69, 9.17) is 0 Å². The maximum absolute atomic E-state index is 11.2. The number of aliphatic carboxylic acids is 1. The molecule has 100 valence electrons. The Balaban J connectivity index is 2.28. The maximum Gasteiger partial charge on any atom is 0.323 e. The second kappa shape index (κ2) is 7.00. The van der Waals surface area contributed by atoms with Gasteiger partial charge in [-0.25, -0.2) is 0 Å². The fourth-order valence-corrected chi connectivity index (χ4v) is 2.80. The molecular formula is C14H27NO2. The van der Waals surface area contributed by atoms with Crippen LogP contribution in [0.15, 0.2) is 0 Å². The van der Waals surface area contributed by atoms with Crippen LogP contribution in [0, 0.1) is 5.92 Å². The van der Waals surface area contributed by atoms with Crippen LogP contribution in [0.4, 0.5) is 0 Å². The van der Waals surface area contributed by atoms with Crippen LogP contribution in [0.5, 0.6) is 0 Å². The molecule has 1 fully saturated rings. The lowest BCUT2D eigenvalue weighted by molar-refractivity contribution is -0.144. The smallest absolute Gasteiger partial charge is 0.323 e. The number of carboxylic acids is 1. The Morgan fingerprint density at radius 1 is 1.35 bits per heavy atom. The topological polar surface area (TPSA) is 49.3 Å². The lowest BCUT2D eigenvalue weighted by atomic mass is 9.86. The van der Waals surface area contributed by atoms with Crippen molar-refractivity contribution < 1.29 is 9.90 Å². The minimum atomic E-state index is -0.733. The van der Waals surface area contributed by atoms with Crippen molar-refractivity contribution in [2.45, 2.75) is 70.8 Å². The van der Waals surface area contributed by atoms with Crippen LogP contribution in [0.1, 0.15) is 65.2 Å². The van der Waals surface area contributed by atoms with Crippen molar-refractivity contribution in [2.24, 2.45) is 5.92 Å². The fraction of sp³-hybridized carbons (Fsp3) is 0.929. The van der Waals surface area contributed by atoms with Gasteiger partial charge >= 0.3 is 5.97 Å². The molecule has 0 aromatic rings. The molecule has 3 nitrogen and oxygen atoms in total. The summed E-state index contributed by atoms with van der Waals surface area (Å²) in [6, 6.07) is 0. The highest BCUT2D eigenvalue weighted by molar-refractivity contribution is 5.78. The molecule has 1 saturated carbocycles. The summed E-state index contributed by atoms with van der Waals surface area (Å²) in [6.07, 6.45) is 9.50. The van der Waals surface area contributed by atoms with Crippen molar-refractivity contribution in [1.82, 2.24) is 5.32 Å². The molecule has 0 spiro atoms. The number of carboxylic acid groups (broad SMARTS) is 1. The van der Waals surface area contributed by atoms with E-state index in [1.54, 1.807) is 6.92 Å². The Bertz CT molecular complexity index is 236. The fourth-order valence-electron chi connectivity index (χ4n) is 2.80. The van der Waals surface area contributed by atoms with Gasteiger partial charge in [-0.05, 0) is 32.2 Å². The summed E-state index contributed by atoms with van der Waals surface area (Å²) in [5.41, 5.74) is -0.733. The zero-order valence-electron chi connectivity index (χ0n) is 11.3. The minimum absolute atomic E-state index is 0.701. The van der Waals surface area contributed by atoms with E-state index in [0.29, 0.717) is 6.42 Å². The molecular weight excluding hydrogens is 214 g/mol. The van der Waals surface area contributed by atoms with Gasteiger partial charge in [0.05, 0.1) is 0 Å². The molecule has 1 unspecified atom stereocenters. The van der Waals surface area contributed by atoms with Crippen molar-refractivity contribution in [3.05, 3.63) is 0 Å². The Morgan fingerprint density at radius 2 is 2.00 bits per heavy atom. The number of hydrogen-bond donors (Lipinski definition) is 2. The average Bonchev–Trinajstić information content (AvgIpc) is 2.30. The third kappa shape index (κ3) is 4.66. The predicted molar refractivity (Wildman–Crippen MR) is 70.1 cm³/mol. The van der Waals surface area contributed by atoms with Gasteiger partial charge in [0.1, 0.15) is 5.54 Å². The first-order chi connectivity index (χ1) is 8.08. The van der Waals surface area contributed by atoms with E-state index in [1.165, 1.54) is 32.1 Å². The molecule has 0 bridgehead atoms. The summed E-state index contributed by atoms with van der Waals surface area (Å²) in [6.45, 7) is 4.68. The average molecular weight is 241 g/mol. The van der Waals surface area contributed by atoms with Gasteiger partial charge in [0.2, 0.25) is 0 Å². The molecule has 0 radical (unpaired) electrons. The van der Waals surface area contributed by atoms with Crippen LogP contribution in [-0.2, 0) is 4.79 Å². The van der Waals surface area contributed by atoms with Crippen LogP contribution in [0.2, 0.25) is 0 Å². The molecule has 0 saturated heterocycles. The molecule has 0 amide bonds. The third-order valence-electron chi connectivity index (χ3n) is 4.01. The molecule has 1 aliphatic carbocycles. The van der Waals surface area contributed by atoms with Crippen molar-refractivity contribution in [3.63, 3.8) is 0 Å².